The summed E-state index contributed by atoms with van der Waals surface area (Å²) in [6.45, 7) is 7.54. The van der Waals surface area contributed by atoms with E-state index in [0.29, 0.717) is 53.7 Å². The second-order valence-electron chi connectivity index (χ2n) is 11.5. The number of nitriles is 1. The van der Waals surface area contributed by atoms with Crippen molar-refractivity contribution in [3.63, 3.8) is 0 Å². The number of pyridine rings is 1. The SMILES string of the molecule is C=CC(=O)N1CC2(CCN(c3nc4c(c(-c5ccccc5F)c3C#N)CC[C@@]3(c5scnc5C)[C@@H]4C3(F)F)C2)C1. The molecule has 204 valence electrons. The van der Waals surface area contributed by atoms with Crippen molar-refractivity contribution in [3.05, 3.63) is 75.6 Å². The molecule has 2 aromatic heterocycles. The molecular formula is C30H26F3N5OS. The van der Waals surface area contributed by atoms with Crippen LogP contribution >= 0.6 is 11.3 Å². The van der Waals surface area contributed by atoms with E-state index in [0.717, 1.165) is 6.42 Å². The molecular weight excluding hydrogens is 535 g/mol. The van der Waals surface area contributed by atoms with Gasteiger partial charge in [-0.2, -0.15) is 5.26 Å². The molecule has 2 atom stereocenters. The molecule has 6 nitrogen and oxygen atoms in total. The van der Waals surface area contributed by atoms with Gasteiger partial charge in [0, 0.05) is 47.6 Å². The molecule has 3 fully saturated rings. The van der Waals surface area contributed by atoms with E-state index in [1.807, 2.05) is 4.90 Å². The lowest BCUT2D eigenvalue weighted by molar-refractivity contribution is -0.136. The molecule has 0 unspecified atom stereocenters. The molecule has 10 heteroatoms. The first-order chi connectivity index (χ1) is 19.2. The third-order valence-corrected chi connectivity index (χ3v) is 10.5. The van der Waals surface area contributed by atoms with Gasteiger partial charge < -0.3 is 9.80 Å². The normalized spacial score (nSPS) is 25.1. The molecule has 4 aliphatic rings. The van der Waals surface area contributed by atoms with Gasteiger partial charge in [-0.25, -0.2) is 23.1 Å². The van der Waals surface area contributed by atoms with E-state index < -0.39 is 23.1 Å². The van der Waals surface area contributed by atoms with Gasteiger partial charge in [0.15, 0.2) is 0 Å². The van der Waals surface area contributed by atoms with Gasteiger partial charge in [0.1, 0.15) is 23.3 Å². The second kappa shape index (κ2) is 8.40. The number of alkyl halides is 2. The molecule has 2 aliphatic heterocycles. The lowest BCUT2D eigenvalue weighted by Crippen LogP contribution is -2.59. The maximum absolute atomic E-state index is 16.0. The third kappa shape index (κ3) is 3.18. The van der Waals surface area contributed by atoms with Crippen molar-refractivity contribution >= 4 is 23.1 Å². The van der Waals surface area contributed by atoms with Gasteiger partial charge in [-0.15, -0.1) is 11.3 Å². The highest BCUT2D eigenvalue weighted by molar-refractivity contribution is 7.10. The number of anilines is 1. The average molecular weight is 562 g/mol. The van der Waals surface area contributed by atoms with E-state index >= 15 is 13.2 Å². The standard InChI is InChI=1S/C30H26F3N5OS/c1-3-22(39)38-14-28(15-38)10-11-37(13-28)27-20(12-34)23(18-6-4-5-7-21(18)31)19-8-9-29(26-17(2)35-16-40-26)25(24(19)36-27)30(29,32)33/h3-7,16,25H,1,8-11,13-15H2,2H3/t25-,29+/m1/s1. The van der Waals surface area contributed by atoms with Gasteiger partial charge in [0.05, 0.1) is 28.2 Å². The highest BCUT2D eigenvalue weighted by Gasteiger charge is 2.84. The second-order valence-corrected chi connectivity index (χ2v) is 12.4. The summed E-state index contributed by atoms with van der Waals surface area (Å²) in [5.74, 6) is -4.51. The minimum Gasteiger partial charge on any atom is -0.355 e. The molecule has 1 saturated carbocycles. The van der Waals surface area contributed by atoms with E-state index in [1.165, 1.54) is 23.5 Å². The van der Waals surface area contributed by atoms with Gasteiger partial charge in [-0.3, -0.25) is 4.79 Å². The van der Waals surface area contributed by atoms with Crippen LogP contribution < -0.4 is 4.90 Å². The number of amides is 1. The van der Waals surface area contributed by atoms with Crippen molar-refractivity contribution in [2.45, 2.75) is 43.4 Å². The molecule has 7 rings (SSSR count). The quantitative estimate of drug-likeness (QED) is 0.401. The first kappa shape index (κ1) is 25.3. The number of thiazole rings is 1. The van der Waals surface area contributed by atoms with Crippen LogP contribution in [-0.2, 0) is 16.6 Å². The van der Waals surface area contributed by atoms with Crippen molar-refractivity contribution in [3.8, 4) is 17.2 Å². The molecule has 0 bridgehead atoms. The molecule has 1 spiro atoms. The first-order valence-corrected chi connectivity index (χ1v) is 14.2. The lowest BCUT2D eigenvalue weighted by Gasteiger charge is -2.47. The predicted octanol–water partition coefficient (Wildman–Crippen LogP) is 5.37. The van der Waals surface area contributed by atoms with Crippen LogP contribution in [0, 0.1) is 29.5 Å². The van der Waals surface area contributed by atoms with Crippen LogP contribution in [0.2, 0.25) is 0 Å². The van der Waals surface area contributed by atoms with Crippen LogP contribution in [-0.4, -0.2) is 52.9 Å². The molecule has 0 N–H and O–H groups in total. The summed E-state index contributed by atoms with van der Waals surface area (Å²) in [6.07, 6.45) is 2.50. The fourth-order valence-electron chi connectivity index (χ4n) is 7.46. The molecule has 4 heterocycles. The van der Waals surface area contributed by atoms with Gasteiger partial charge in [-0.1, -0.05) is 24.8 Å². The van der Waals surface area contributed by atoms with Crippen molar-refractivity contribution in [2.24, 2.45) is 5.41 Å². The summed E-state index contributed by atoms with van der Waals surface area (Å²) in [4.78, 5) is 25.5. The molecule has 3 aromatic rings. The number of carbonyl (C=O) groups is 1. The van der Waals surface area contributed by atoms with E-state index in [1.54, 1.807) is 35.5 Å². The number of fused-ring (bicyclic) bond motifs is 3. The number of aromatic nitrogens is 2. The van der Waals surface area contributed by atoms with Crippen LogP contribution in [0.3, 0.4) is 0 Å². The van der Waals surface area contributed by atoms with Gasteiger partial charge in [0.25, 0.3) is 5.92 Å². The number of carbonyl (C=O) groups excluding carboxylic acids is 1. The number of hydrogen-bond acceptors (Lipinski definition) is 6. The maximum atomic E-state index is 16.0. The summed E-state index contributed by atoms with van der Waals surface area (Å²) in [5, 5.41) is 10.4. The number of aryl methyl sites for hydroxylation is 1. The van der Waals surface area contributed by atoms with E-state index in [-0.39, 0.29) is 41.0 Å². The summed E-state index contributed by atoms with van der Waals surface area (Å²) in [6, 6.07) is 8.46. The molecule has 2 saturated heterocycles. The molecule has 0 radical (unpaired) electrons. The highest BCUT2D eigenvalue weighted by atomic mass is 32.1. The van der Waals surface area contributed by atoms with Crippen molar-refractivity contribution in [1.82, 2.24) is 14.9 Å². The zero-order valence-corrected chi connectivity index (χ0v) is 22.7. The Labute approximate surface area is 233 Å². The smallest absolute Gasteiger partial charge is 0.268 e. The Balaban J connectivity index is 1.38. The van der Waals surface area contributed by atoms with Crippen LogP contribution in [0.25, 0.3) is 11.1 Å². The zero-order chi connectivity index (χ0) is 28.0. The largest absolute Gasteiger partial charge is 0.355 e. The summed E-state index contributed by atoms with van der Waals surface area (Å²) >= 11 is 1.25. The van der Waals surface area contributed by atoms with E-state index in [2.05, 4.69) is 17.6 Å². The Hall–Kier alpha value is -3.71. The minimum atomic E-state index is -3.04. The lowest BCUT2D eigenvalue weighted by atomic mass is 9.79. The molecule has 1 aromatic carbocycles. The van der Waals surface area contributed by atoms with Crippen molar-refractivity contribution < 1.29 is 18.0 Å². The number of hydrogen-bond donors (Lipinski definition) is 0. The minimum absolute atomic E-state index is 0.124. The van der Waals surface area contributed by atoms with E-state index in [4.69, 9.17) is 4.98 Å². The number of nitrogens with zero attached hydrogens (tertiary/aromatic N) is 5. The Morgan fingerprint density at radius 2 is 2.02 bits per heavy atom. The van der Waals surface area contributed by atoms with Crippen LogP contribution in [0.15, 0.2) is 42.4 Å². The number of likely N-dealkylation sites (tertiary alicyclic amines) is 1. The maximum Gasteiger partial charge on any atom is 0.268 e. The number of rotatable bonds is 4. The van der Waals surface area contributed by atoms with Crippen LogP contribution in [0.1, 0.15) is 46.2 Å². The fourth-order valence-corrected chi connectivity index (χ4v) is 8.57. The number of benzene rings is 1. The molecule has 40 heavy (non-hydrogen) atoms. The van der Waals surface area contributed by atoms with Crippen LogP contribution in [0.5, 0.6) is 0 Å². The Kier molecular flexibility index (Phi) is 5.31. The monoisotopic (exact) mass is 561 g/mol. The van der Waals surface area contributed by atoms with Gasteiger partial charge >= 0.3 is 0 Å². The average Bonchev–Trinajstić information content (AvgIpc) is 3.30. The van der Waals surface area contributed by atoms with Gasteiger partial charge in [0.2, 0.25) is 5.91 Å². The van der Waals surface area contributed by atoms with Gasteiger partial charge in [-0.05, 0) is 43.9 Å². The van der Waals surface area contributed by atoms with E-state index in [9.17, 15) is 10.1 Å². The topological polar surface area (TPSA) is 73.1 Å². The molecule has 1 amide bonds. The summed E-state index contributed by atoms with van der Waals surface area (Å²) in [7, 11) is 0. The van der Waals surface area contributed by atoms with Crippen molar-refractivity contribution in [1.29, 1.82) is 5.26 Å². The number of halogens is 3. The summed E-state index contributed by atoms with van der Waals surface area (Å²) < 4.78 is 47.2. The van der Waals surface area contributed by atoms with Crippen LogP contribution in [0.4, 0.5) is 19.0 Å². The first-order valence-electron chi connectivity index (χ1n) is 13.3. The Bertz CT molecular complexity index is 1640. The third-order valence-electron chi connectivity index (χ3n) is 9.40. The molecule has 2 aliphatic carbocycles. The summed E-state index contributed by atoms with van der Waals surface area (Å²) in [5.41, 5.74) is 2.26. The Morgan fingerprint density at radius 3 is 2.70 bits per heavy atom. The predicted molar refractivity (Wildman–Crippen MR) is 145 cm³/mol. The fraction of sp³-hybridized carbons (Fsp3) is 0.400. The zero-order valence-electron chi connectivity index (χ0n) is 21.9. The van der Waals surface area contributed by atoms with Crippen molar-refractivity contribution in [2.75, 3.05) is 31.1 Å². The highest BCUT2D eigenvalue weighted by Crippen LogP contribution is 2.76. The Morgan fingerprint density at radius 1 is 1.25 bits per heavy atom.